The lowest BCUT2D eigenvalue weighted by molar-refractivity contribution is 0.184. The molecule has 2 heterocycles. The second kappa shape index (κ2) is 6.27. The smallest absolute Gasteiger partial charge is 0.122 e. The Morgan fingerprint density at radius 1 is 1.44 bits per heavy atom. The summed E-state index contributed by atoms with van der Waals surface area (Å²) < 4.78 is 7.28. The van der Waals surface area contributed by atoms with Crippen LogP contribution in [0.15, 0.2) is 12.4 Å². The number of imidazole rings is 1. The SMILES string of the molecule is COCCn1ccnc1CN1CCSCC1. The van der Waals surface area contributed by atoms with Crippen molar-refractivity contribution >= 4 is 11.8 Å². The molecule has 0 unspecified atom stereocenters. The third-order valence-corrected chi connectivity index (χ3v) is 3.75. The van der Waals surface area contributed by atoms with Crippen LogP contribution in [-0.4, -0.2) is 52.8 Å². The molecule has 16 heavy (non-hydrogen) atoms. The average molecular weight is 241 g/mol. The van der Waals surface area contributed by atoms with E-state index in [9.17, 15) is 0 Å². The molecule has 1 aromatic rings. The minimum atomic E-state index is 0.749. The molecule has 0 amide bonds. The second-order valence-corrected chi connectivity index (χ2v) is 5.14. The topological polar surface area (TPSA) is 30.3 Å². The van der Waals surface area contributed by atoms with Crippen molar-refractivity contribution in [2.45, 2.75) is 13.1 Å². The number of hydrogen-bond acceptors (Lipinski definition) is 4. The van der Waals surface area contributed by atoms with Gasteiger partial charge in [0, 0.05) is 50.6 Å². The van der Waals surface area contributed by atoms with E-state index < -0.39 is 0 Å². The van der Waals surface area contributed by atoms with E-state index in [1.54, 1.807) is 7.11 Å². The van der Waals surface area contributed by atoms with E-state index >= 15 is 0 Å². The zero-order chi connectivity index (χ0) is 11.2. The van der Waals surface area contributed by atoms with Gasteiger partial charge >= 0.3 is 0 Å². The molecule has 4 nitrogen and oxygen atoms in total. The van der Waals surface area contributed by atoms with Crippen LogP contribution in [0, 0.1) is 0 Å². The third-order valence-electron chi connectivity index (χ3n) is 2.81. The highest BCUT2D eigenvalue weighted by Gasteiger charge is 2.13. The fraction of sp³-hybridized carbons (Fsp3) is 0.727. The molecular formula is C11H19N3OS. The Morgan fingerprint density at radius 2 is 2.25 bits per heavy atom. The van der Waals surface area contributed by atoms with Gasteiger partial charge in [-0.3, -0.25) is 4.90 Å². The molecule has 0 spiro atoms. The minimum absolute atomic E-state index is 0.749. The van der Waals surface area contributed by atoms with Crippen LogP contribution >= 0.6 is 11.8 Å². The quantitative estimate of drug-likeness (QED) is 0.771. The molecular weight excluding hydrogens is 222 g/mol. The van der Waals surface area contributed by atoms with Gasteiger partial charge in [0.1, 0.15) is 5.82 Å². The van der Waals surface area contributed by atoms with Crippen LogP contribution in [0.25, 0.3) is 0 Å². The van der Waals surface area contributed by atoms with Gasteiger partial charge in [0.2, 0.25) is 0 Å². The predicted octanol–water partition coefficient (Wildman–Crippen LogP) is 1.08. The van der Waals surface area contributed by atoms with Gasteiger partial charge in [0.15, 0.2) is 0 Å². The van der Waals surface area contributed by atoms with Gasteiger partial charge in [-0.15, -0.1) is 0 Å². The zero-order valence-electron chi connectivity index (χ0n) is 9.76. The Kier molecular flexibility index (Phi) is 4.69. The van der Waals surface area contributed by atoms with Crippen LogP contribution in [0.2, 0.25) is 0 Å². The van der Waals surface area contributed by atoms with Crippen LogP contribution in [-0.2, 0) is 17.8 Å². The standard InChI is InChI=1S/C11H19N3OS/c1-15-7-4-14-3-2-12-11(14)10-13-5-8-16-9-6-13/h2-3H,4-10H2,1H3. The minimum Gasteiger partial charge on any atom is -0.383 e. The van der Waals surface area contributed by atoms with Gasteiger partial charge in [-0.2, -0.15) is 11.8 Å². The van der Waals surface area contributed by atoms with E-state index in [2.05, 4.69) is 14.5 Å². The van der Waals surface area contributed by atoms with Crippen molar-refractivity contribution in [2.24, 2.45) is 0 Å². The number of rotatable bonds is 5. The highest BCUT2D eigenvalue weighted by Crippen LogP contribution is 2.12. The van der Waals surface area contributed by atoms with Gasteiger partial charge in [-0.1, -0.05) is 0 Å². The molecule has 0 saturated carbocycles. The monoisotopic (exact) mass is 241 g/mol. The van der Waals surface area contributed by atoms with Gasteiger partial charge < -0.3 is 9.30 Å². The van der Waals surface area contributed by atoms with E-state index in [0.29, 0.717) is 0 Å². The molecule has 90 valence electrons. The first-order valence-electron chi connectivity index (χ1n) is 5.69. The van der Waals surface area contributed by atoms with E-state index in [4.69, 9.17) is 4.74 Å². The zero-order valence-corrected chi connectivity index (χ0v) is 10.6. The van der Waals surface area contributed by atoms with E-state index in [-0.39, 0.29) is 0 Å². The normalized spacial score (nSPS) is 17.8. The van der Waals surface area contributed by atoms with E-state index in [1.165, 1.54) is 24.6 Å². The molecule has 0 atom stereocenters. The summed E-state index contributed by atoms with van der Waals surface area (Å²) in [6.45, 7) is 4.98. The van der Waals surface area contributed by atoms with Gasteiger partial charge in [-0.25, -0.2) is 4.98 Å². The van der Waals surface area contributed by atoms with Crippen LogP contribution in [0.3, 0.4) is 0 Å². The number of thioether (sulfide) groups is 1. The van der Waals surface area contributed by atoms with Crippen molar-refractivity contribution in [3.05, 3.63) is 18.2 Å². The summed E-state index contributed by atoms with van der Waals surface area (Å²) in [6, 6.07) is 0. The molecule has 1 aliphatic heterocycles. The lowest BCUT2D eigenvalue weighted by atomic mass is 10.4. The molecule has 1 fully saturated rings. The molecule has 0 aliphatic carbocycles. The second-order valence-electron chi connectivity index (χ2n) is 3.92. The first kappa shape index (κ1) is 12.0. The maximum Gasteiger partial charge on any atom is 0.122 e. The Hall–Kier alpha value is -0.520. The summed E-state index contributed by atoms with van der Waals surface area (Å²) in [5, 5.41) is 0. The fourth-order valence-electron chi connectivity index (χ4n) is 1.84. The fourth-order valence-corrected chi connectivity index (χ4v) is 2.82. The summed E-state index contributed by atoms with van der Waals surface area (Å²) in [6.07, 6.45) is 3.91. The first-order valence-corrected chi connectivity index (χ1v) is 6.84. The number of ether oxygens (including phenoxy) is 1. The maximum atomic E-state index is 5.09. The van der Waals surface area contributed by atoms with Crippen LogP contribution in [0.5, 0.6) is 0 Å². The molecule has 2 rings (SSSR count). The molecule has 0 aromatic carbocycles. The van der Waals surface area contributed by atoms with E-state index in [1.807, 2.05) is 24.2 Å². The molecule has 0 radical (unpaired) electrons. The number of methoxy groups -OCH3 is 1. The molecule has 1 aliphatic rings. The number of hydrogen-bond donors (Lipinski definition) is 0. The molecule has 1 aromatic heterocycles. The summed E-state index contributed by atoms with van der Waals surface area (Å²) in [7, 11) is 1.73. The summed E-state index contributed by atoms with van der Waals surface area (Å²) >= 11 is 2.04. The van der Waals surface area contributed by atoms with Crippen molar-refractivity contribution in [2.75, 3.05) is 38.3 Å². The highest BCUT2D eigenvalue weighted by atomic mass is 32.2. The van der Waals surface area contributed by atoms with Crippen molar-refractivity contribution in [1.29, 1.82) is 0 Å². The predicted molar refractivity (Wildman–Crippen MR) is 66.7 cm³/mol. The average Bonchev–Trinajstić information content (AvgIpc) is 2.75. The van der Waals surface area contributed by atoms with Crippen molar-refractivity contribution in [3.8, 4) is 0 Å². The van der Waals surface area contributed by atoms with E-state index in [0.717, 1.165) is 25.5 Å². The van der Waals surface area contributed by atoms with Crippen molar-refractivity contribution < 1.29 is 4.74 Å². The number of nitrogens with zero attached hydrogens (tertiary/aromatic N) is 3. The summed E-state index contributed by atoms with van der Waals surface area (Å²) in [4.78, 5) is 6.90. The van der Waals surface area contributed by atoms with Gasteiger partial charge in [0.25, 0.3) is 0 Å². The molecule has 5 heteroatoms. The first-order chi connectivity index (χ1) is 7.90. The third kappa shape index (κ3) is 3.23. The van der Waals surface area contributed by atoms with Gasteiger partial charge in [0.05, 0.1) is 13.2 Å². The van der Waals surface area contributed by atoms with Crippen molar-refractivity contribution in [3.63, 3.8) is 0 Å². The summed E-state index contributed by atoms with van der Waals surface area (Å²) in [5.74, 6) is 3.65. The Labute approximate surface area is 101 Å². The molecule has 1 saturated heterocycles. The Balaban J connectivity index is 1.89. The summed E-state index contributed by atoms with van der Waals surface area (Å²) in [5.41, 5.74) is 0. The van der Waals surface area contributed by atoms with Crippen LogP contribution < -0.4 is 0 Å². The van der Waals surface area contributed by atoms with Crippen LogP contribution in [0.1, 0.15) is 5.82 Å². The largest absolute Gasteiger partial charge is 0.383 e. The Bertz CT molecular complexity index is 310. The Morgan fingerprint density at radius 3 is 3.00 bits per heavy atom. The van der Waals surface area contributed by atoms with Crippen molar-refractivity contribution in [1.82, 2.24) is 14.5 Å². The molecule has 0 N–H and O–H groups in total. The molecule has 0 bridgehead atoms. The lowest BCUT2D eigenvalue weighted by Gasteiger charge is -2.25. The van der Waals surface area contributed by atoms with Gasteiger partial charge in [-0.05, 0) is 0 Å². The lowest BCUT2D eigenvalue weighted by Crippen LogP contribution is -2.33. The maximum absolute atomic E-state index is 5.09. The van der Waals surface area contributed by atoms with Crippen LogP contribution in [0.4, 0.5) is 0 Å². The highest BCUT2D eigenvalue weighted by molar-refractivity contribution is 7.99. The number of aromatic nitrogens is 2.